The quantitative estimate of drug-likeness (QED) is 0.853. The largest absolute Gasteiger partial charge is 0.486 e. The van der Waals surface area contributed by atoms with Gasteiger partial charge in [-0.15, -0.1) is 0 Å². The molecule has 1 aliphatic heterocycles. The molecule has 1 N–H and O–H groups in total. The van der Waals surface area contributed by atoms with E-state index in [1.165, 1.54) is 5.56 Å². The van der Waals surface area contributed by atoms with Gasteiger partial charge in [0, 0.05) is 0 Å². The first-order valence-corrected chi connectivity index (χ1v) is 10.3. The summed E-state index contributed by atoms with van der Waals surface area (Å²) in [6.07, 6.45) is -0.328. The van der Waals surface area contributed by atoms with Gasteiger partial charge in [0.25, 0.3) is 0 Å². The molecule has 0 saturated carbocycles. The Labute approximate surface area is 146 Å². The summed E-state index contributed by atoms with van der Waals surface area (Å²) < 4.78 is 38.1. The lowest BCUT2D eigenvalue weighted by atomic mass is 10.1. The summed E-state index contributed by atoms with van der Waals surface area (Å²) in [5.41, 5.74) is 2.31. The van der Waals surface area contributed by atoms with E-state index in [-0.39, 0.29) is 12.1 Å². The lowest BCUT2D eigenvalue weighted by molar-refractivity contribution is 0.140. The second kappa shape index (κ2) is 7.23. The predicted octanol–water partition coefficient (Wildman–Crippen LogP) is 2.89. The van der Waals surface area contributed by atoms with E-state index in [4.69, 9.17) is 9.47 Å². The molecule has 2 aromatic rings. The Morgan fingerprint density at radius 2 is 1.92 bits per heavy atom. The molecule has 1 saturated heterocycles. The molecular weight excluding hydrogens is 346 g/mol. The summed E-state index contributed by atoms with van der Waals surface area (Å²) in [6.45, 7) is 4.00. The molecule has 1 aromatic heterocycles. The second-order valence-corrected chi connectivity index (χ2v) is 9.10. The Balaban J connectivity index is 1.66. The highest BCUT2D eigenvalue weighted by molar-refractivity contribution is 7.90. The SMILES string of the molecule is CC(C)S(=O)(=O)NC1COCC1Oc1ccc(-c2ccsc2)cc1. The van der Waals surface area contributed by atoms with Crippen molar-refractivity contribution in [1.82, 2.24) is 4.72 Å². The van der Waals surface area contributed by atoms with Crippen LogP contribution >= 0.6 is 11.3 Å². The highest BCUT2D eigenvalue weighted by atomic mass is 32.2. The number of thiophene rings is 1. The molecule has 24 heavy (non-hydrogen) atoms. The summed E-state index contributed by atoms with van der Waals surface area (Å²) in [7, 11) is -3.35. The molecule has 3 rings (SSSR count). The van der Waals surface area contributed by atoms with E-state index in [2.05, 4.69) is 16.2 Å². The first-order valence-electron chi connectivity index (χ1n) is 7.84. The topological polar surface area (TPSA) is 64.6 Å². The molecule has 2 unspecified atom stereocenters. The van der Waals surface area contributed by atoms with Crippen LogP contribution in [0.25, 0.3) is 11.1 Å². The van der Waals surface area contributed by atoms with Crippen molar-refractivity contribution in [2.24, 2.45) is 0 Å². The van der Waals surface area contributed by atoms with Crippen molar-refractivity contribution < 1.29 is 17.9 Å². The number of sulfonamides is 1. The molecule has 0 aliphatic carbocycles. The molecule has 1 aliphatic rings. The fourth-order valence-electron chi connectivity index (χ4n) is 2.44. The number of rotatable bonds is 6. The molecular formula is C17H21NO4S2. The molecule has 2 heterocycles. The molecule has 0 radical (unpaired) electrons. The molecule has 2 atom stereocenters. The van der Waals surface area contributed by atoms with Crippen LogP contribution in [-0.4, -0.2) is 39.0 Å². The fourth-order valence-corrected chi connectivity index (χ4v) is 4.02. The average molecular weight is 367 g/mol. The minimum absolute atomic E-state index is 0.323. The lowest BCUT2D eigenvalue weighted by Crippen LogP contribution is -2.47. The smallest absolute Gasteiger partial charge is 0.214 e. The molecule has 1 aromatic carbocycles. The van der Waals surface area contributed by atoms with Gasteiger partial charge in [-0.05, 0) is 53.9 Å². The summed E-state index contributed by atoms with van der Waals surface area (Å²) in [4.78, 5) is 0. The Morgan fingerprint density at radius 1 is 1.17 bits per heavy atom. The first kappa shape index (κ1) is 17.4. The van der Waals surface area contributed by atoms with E-state index < -0.39 is 15.3 Å². The van der Waals surface area contributed by atoms with Gasteiger partial charge in [0.2, 0.25) is 10.0 Å². The third kappa shape index (κ3) is 3.97. The van der Waals surface area contributed by atoms with Gasteiger partial charge in [0.1, 0.15) is 11.9 Å². The third-order valence-corrected chi connectivity index (χ3v) is 6.52. The maximum absolute atomic E-state index is 12.0. The fraction of sp³-hybridized carbons (Fsp3) is 0.412. The van der Waals surface area contributed by atoms with Gasteiger partial charge in [-0.3, -0.25) is 0 Å². The first-order chi connectivity index (χ1) is 11.5. The highest BCUT2D eigenvalue weighted by Gasteiger charge is 2.34. The zero-order chi connectivity index (χ0) is 17.2. The van der Waals surface area contributed by atoms with E-state index in [0.717, 1.165) is 5.56 Å². The molecule has 0 amide bonds. The molecule has 0 bridgehead atoms. The molecule has 0 spiro atoms. The van der Waals surface area contributed by atoms with Crippen LogP contribution in [0.3, 0.4) is 0 Å². The molecule has 1 fully saturated rings. The van der Waals surface area contributed by atoms with Crippen molar-refractivity contribution in [2.45, 2.75) is 31.2 Å². The van der Waals surface area contributed by atoms with E-state index in [0.29, 0.717) is 19.0 Å². The number of nitrogens with one attached hydrogen (secondary N) is 1. The van der Waals surface area contributed by atoms with Crippen molar-refractivity contribution in [1.29, 1.82) is 0 Å². The third-order valence-electron chi connectivity index (χ3n) is 3.96. The van der Waals surface area contributed by atoms with Gasteiger partial charge in [0.15, 0.2) is 0 Å². The number of hydrogen-bond acceptors (Lipinski definition) is 5. The van der Waals surface area contributed by atoms with Crippen molar-refractivity contribution >= 4 is 21.4 Å². The van der Waals surface area contributed by atoms with Crippen LogP contribution in [0, 0.1) is 0 Å². The van der Waals surface area contributed by atoms with Crippen molar-refractivity contribution in [3.8, 4) is 16.9 Å². The Morgan fingerprint density at radius 3 is 2.54 bits per heavy atom. The summed E-state index contributed by atoms with van der Waals surface area (Å²) in [5, 5.41) is 3.65. The van der Waals surface area contributed by atoms with Gasteiger partial charge < -0.3 is 9.47 Å². The van der Waals surface area contributed by atoms with E-state index in [1.54, 1.807) is 25.2 Å². The maximum Gasteiger partial charge on any atom is 0.214 e. The summed E-state index contributed by atoms with van der Waals surface area (Å²) in [6, 6.07) is 9.51. The standard InChI is InChI=1S/C17H21NO4S2/c1-12(2)24(19,20)18-16-9-21-10-17(16)22-15-5-3-13(4-6-15)14-7-8-23-11-14/h3-8,11-12,16-18H,9-10H2,1-2H3. The normalized spacial score (nSPS) is 21.3. The highest BCUT2D eigenvalue weighted by Crippen LogP contribution is 2.25. The Hall–Kier alpha value is -1.41. The van der Waals surface area contributed by atoms with Crippen molar-refractivity contribution in [3.63, 3.8) is 0 Å². The number of benzene rings is 1. The number of ether oxygens (including phenoxy) is 2. The van der Waals surface area contributed by atoms with Gasteiger partial charge in [-0.2, -0.15) is 11.3 Å². The van der Waals surface area contributed by atoms with Crippen LogP contribution in [0.1, 0.15) is 13.8 Å². The van der Waals surface area contributed by atoms with Crippen LogP contribution in [-0.2, 0) is 14.8 Å². The summed E-state index contributed by atoms with van der Waals surface area (Å²) in [5.74, 6) is 0.707. The van der Waals surface area contributed by atoms with Crippen LogP contribution in [0.5, 0.6) is 5.75 Å². The van der Waals surface area contributed by atoms with Crippen molar-refractivity contribution in [2.75, 3.05) is 13.2 Å². The van der Waals surface area contributed by atoms with E-state index in [1.807, 2.05) is 29.6 Å². The van der Waals surface area contributed by atoms with Crippen molar-refractivity contribution in [3.05, 3.63) is 41.1 Å². The van der Waals surface area contributed by atoms with Gasteiger partial charge in [0.05, 0.1) is 24.5 Å². The zero-order valence-electron chi connectivity index (χ0n) is 13.6. The minimum atomic E-state index is -3.35. The monoisotopic (exact) mass is 367 g/mol. The average Bonchev–Trinajstić information content (AvgIpc) is 3.20. The predicted molar refractivity (Wildman–Crippen MR) is 96.0 cm³/mol. The Bertz CT molecular complexity index is 754. The number of hydrogen-bond donors (Lipinski definition) is 1. The van der Waals surface area contributed by atoms with Gasteiger partial charge >= 0.3 is 0 Å². The Kier molecular flexibility index (Phi) is 5.24. The van der Waals surface area contributed by atoms with Crippen LogP contribution < -0.4 is 9.46 Å². The van der Waals surface area contributed by atoms with Gasteiger partial charge in [-0.25, -0.2) is 13.1 Å². The minimum Gasteiger partial charge on any atom is -0.486 e. The van der Waals surface area contributed by atoms with Crippen LogP contribution in [0.15, 0.2) is 41.1 Å². The zero-order valence-corrected chi connectivity index (χ0v) is 15.3. The molecule has 130 valence electrons. The second-order valence-electron chi connectivity index (χ2n) is 6.05. The van der Waals surface area contributed by atoms with Gasteiger partial charge in [-0.1, -0.05) is 12.1 Å². The van der Waals surface area contributed by atoms with E-state index >= 15 is 0 Å². The molecule has 5 nitrogen and oxygen atoms in total. The lowest BCUT2D eigenvalue weighted by Gasteiger charge is -2.21. The molecule has 7 heteroatoms. The maximum atomic E-state index is 12.0. The van der Waals surface area contributed by atoms with Crippen LogP contribution in [0.2, 0.25) is 0 Å². The van der Waals surface area contributed by atoms with E-state index in [9.17, 15) is 8.42 Å². The summed E-state index contributed by atoms with van der Waals surface area (Å²) >= 11 is 1.66. The van der Waals surface area contributed by atoms with Crippen LogP contribution in [0.4, 0.5) is 0 Å².